The van der Waals surface area contributed by atoms with E-state index in [1.54, 1.807) is 7.11 Å². The Kier molecular flexibility index (Phi) is 3.19. The highest BCUT2D eigenvalue weighted by atomic mass is 16.5. The van der Waals surface area contributed by atoms with E-state index in [4.69, 9.17) is 10.5 Å². The second-order valence-corrected chi connectivity index (χ2v) is 3.97. The lowest BCUT2D eigenvalue weighted by molar-refractivity contribution is 0.190. The van der Waals surface area contributed by atoms with Gasteiger partial charge in [0.2, 0.25) is 0 Å². The van der Waals surface area contributed by atoms with E-state index in [9.17, 15) is 9.59 Å². The van der Waals surface area contributed by atoms with Gasteiger partial charge in [0.25, 0.3) is 5.56 Å². The Morgan fingerprint density at radius 2 is 2.17 bits per heavy atom. The van der Waals surface area contributed by atoms with Crippen molar-refractivity contribution in [3.63, 3.8) is 0 Å². The third-order valence-electron chi connectivity index (χ3n) is 2.73. The second kappa shape index (κ2) is 4.65. The molecule has 18 heavy (non-hydrogen) atoms. The molecule has 2 rings (SSSR count). The van der Waals surface area contributed by atoms with Gasteiger partial charge in [-0.2, -0.15) is 4.98 Å². The van der Waals surface area contributed by atoms with Crippen LogP contribution in [0.15, 0.2) is 9.59 Å². The Bertz CT molecular complexity index is 681. The summed E-state index contributed by atoms with van der Waals surface area (Å²) < 4.78 is 7.39. The number of ether oxygens (including phenoxy) is 1. The molecule has 8 heteroatoms. The summed E-state index contributed by atoms with van der Waals surface area (Å²) in [5.74, 6) is 0.119. The number of H-pyrrole nitrogens is 1. The quantitative estimate of drug-likeness (QED) is 0.682. The third kappa shape index (κ3) is 1.90. The zero-order valence-electron chi connectivity index (χ0n) is 10.3. The Labute approximate surface area is 102 Å². The fourth-order valence-electron chi connectivity index (χ4n) is 1.82. The van der Waals surface area contributed by atoms with Crippen LogP contribution in [-0.2, 0) is 18.3 Å². The summed E-state index contributed by atoms with van der Waals surface area (Å²) in [6.07, 6.45) is 0.649. The van der Waals surface area contributed by atoms with E-state index in [0.717, 1.165) is 4.57 Å². The van der Waals surface area contributed by atoms with Gasteiger partial charge in [0, 0.05) is 27.3 Å². The molecule has 0 saturated heterocycles. The first-order valence-electron chi connectivity index (χ1n) is 5.50. The molecule has 0 amide bonds. The van der Waals surface area contributed by atoms with Crippen LogP contribution in [0.1, 0.15) is 6.42 Å². The highest BCUT2D eigenvalue weighted by Crippen LogP contribution is 2.06. The van der Waals surface area contributed by atoms with Gasteiger partial charge >= 0.3 is 5.69 Å². The maximum Gasteiger partial charge on any atom is 0.332 e. The van der Waals surface area contributed by atoms with Gasteiger partial charge in [-0.1, -0.05) is 0 Å². The number of nitrogens with zero attached hydrogens (tertiary/aromatic N) is 3. The number of anilines is 1. The molecule has 0 aromatic carbocycles. The molecular weight excluding hydrogens is 238 g/mol. The van der Waals surface area contributed by atoms with Gasteiger partial charge in [-0.15, -0.1) is 0 Å². The van der Waals surface area contributed by atoms with Crippen molar-refractivity contribution in [2.45, 2.75) is 13.0 Å². The topological polar surface area (TPSA) is 108 Å². The number of hydrogen-bond acceptors (Lipinski definition) is 5. The van der Waals surface area contributed by atoms with Crippen LogP contribution in [-0.4, -0.2) is 32.8 Å². The smallest absolute Gasteiger partial charge is 0.332 e. The van der Waals surface area contributed by atoms with Crippen molar-refractivity contribution in [2.24, 2.45) is 7.05 Å². The van der Waals surface area contributed by atoms with Gasteiger partial charge in [-0.3, -0.25) is 13.9 Å². The maximum atomic E-state index is 12.0. The van der Waals surface area contributed by atoms with E-state index in [-0.39, 0.29) is 17.1 Å². The van der Waals surface area contributed by atoms with E-state index in [1.807, 2.05) is 0 Å². The SMILES string of the molecule is COCCCn1c(=O)n(C)c(=O)c2[nH]c(N)nc21. The fraction of sp³-hybridized carbons (Fsp3) is 0.500. The summed E-state index contributed by atoms with van der Waals surface area (Å²) in [6, 6.07) is 0. The monoisotopic (exact) mass is 253 g/mol. The summed E-state index contributed by atoms with van der Waals surface area (Å²) in [4.78, 5) is 30.5. The van der Waals surface area contributed by atoms with Crippen LogP contribution in [0.5, 0.6) is 0 Å². The number of methoxy groups -OCH3 is 1. The minimum absolute atomic E-state index is 0.119. The molecule has 98 valence electrons. The molecule has 2 aromatic rings. The largest absolute Gasteiger partial charge is 0.385 e. The molecule has 0 spiro atoms. The van der Waals surface area contributed by atoms with E-state index >= 15 is 0 Å². The van der Waals surface area contributed by atoms with E-state index in [1.165, 1.54) is 11.6 Å². The molecule has 0 radical (unpaired) electrons. The minimum atomic E-state index is -0.429. The van der Waals surface area contributed by atoms with Crippen molar-refractivity contribution in [2.75, 3.05) is 19.5 Å². The number of aromatic amines is 1. The number of fused-ring (bicyclic) bond motifs is 1. The van der Waals surface area contributed by atoms with Crippen molar-refractivity contribution >= 4 is 17.1 Å². The molecule has 0 fully saturated rings. The summed E-state index contributed by atoms with van der Waals surface area (Å²) in [5, 5.41) is 0. The first-order valence-corrected chi connectivity index (χ1v) is 5.50. The molecule has 0 aliphatic carbocycles. The van der Waals surface area contributed by atoms with Crippen LogP contribution in [0.3, 0.4) is 0 Å². The molecule has 0 saturated carbocycles. The normalized spacial score (nSPS) is 11.2. The van der Waals surface area contributed by atoms with Crippen LogP contribution in [0.2, 0.25) is 0 Å². The molecule has 0 bridgehead atoms. The van der Waals surface area contributed by atoms with Crippen LogP contribution >= 0.6 is 0 Å². The van der Waals surface area contributed by atoms with Crippen molar-refractivity contribution in [1.29, 1.82) is 0 Å². The summed E-state index contributed by atoms with van der Waals surface area (Å²) in [5.41, 5.74) is 5.22. The van der Waals surface area contributed by atoms with E-state index in [2.05, 4.69) is 9.97 Å². The van der Waals surface area contributed by atoms with Gasteiger partial charge in [0.1, 0.15) is 0 Å². The maximum absolute atomic E-state index is 12.0. The lowest BCUT2D eigenvalue weighted by Crippen LogP contribution is -2.38. The number of nitrogen functional groups attached to an aromatic ring is 1. The predicted octanol–water partition coefficient (Wildman–Crippen LogP) is -0.958. The Hall–Kier alpha value is -2.09. The van der Waals surface area contributed by atoms with Crippen molar-refractivity contribution in [3.05, 3.63) is 20.8 Å². The number of aryl methyl sites for hydroxylation is 1. The van der Waals surface area contributed by atoms with Gasteiger partial charge in [0.15, 0.2) is 17.1 Å². The summed E-state index contributed by atoms with van der Waals surface area (Å²) in [7, 11) is 3.01. The molecule has 0 atom stereocenters. The minimum Gasteiger partial charge on any atom is -0.385 e. The van der Waals surface area contributed by atoms with Gasteiger partial charge < -0.3 is 15.5 Å². The number of aromatic nitrogens is 4. The molecule has 2 aromatic heterocycles. The number of nitrogens with two attached hydrogens (primary N) is 1. The fourth-order valence-corrected chi connectivity index (χ4v) is 1.82. The van der Waals surface area contributed by atoms with Gasteiger partial charge in [-0.25, -0.2) is 4.79 Å². The van der Waals surface area contributed by atoms with Crippen molar-refractivity contribution in [3.8, 4) is 0 Å². The molecule has 2 heterocycles. The van der Waals surface area contributed by atoms with Crippen LogP contribution < -0.4 is 17.0 Å². The zero-order chi connectivity index (χ0) is 13.3. The second-order valence-electron chi connectivity index (χ2n) is 3.97. The average Bonchev–Trinajstić information content (AvgIpc) is 2.73. The lowest BCUT2D eigenvalue weighted by Gasteiger charge is -2.07. The highest BCUT2D eigenvalue weighted by molar-refractivity contribution is 5.72. The highest BCUT2D eigenvalue weighted by Gasteiger charge is 2.14. The van der Waals surface area contributed by atoms with Crippen LogP contribution in [0, 0.1) is 0 Å². The van der Waals surface area contributed by atoms with E-state index < -0.39 is 11.2 Å². The zero-order valence-corrected chi connectivity index (χ0v) is 10.3. The first kappa shape index (κ1) is 12.4. The van der Waals surface area contributed by atoms with Crippen molar-refractivity contribution < 1.29 is 4.74 Å². The first-order chi connectivity index (χ1) is 8.56. The predicted molar refractivity (Wildman–Crippen MR) is 66.5 cm³/mol. The molecule has 8 nitrogen and oxygen atoms in total. The molecular formula is C10H15N5O3. The molecule has 0 aliphatic heterocycles. The summed E-state index contributed by atoms with van der Waals surface area (Å²) >= 11 is 0. The lowest BCUT2D eigenvalue weighted by atomic mass is 10.4. The third-order valence-corrected chi connectivity index (χ3v) is 2.73. The Balaban J connectivity index is 2.63. The Morgan fingerprint density at radius 3 is 2.83 bits per heavy atom. The van der Waals surface area contributed by atoms with Crippen LogP contribution in [0.4, 0.5) is 5.95 Å². The Morgan fingerprint density at radius 1 is 1.44 bits per heavy atom. The number of nitrogens with one attached hydrogen (secondary N) is 1. The number of hydrogen-bond donors (Lipinski definition) is 2. The van der Waals surface area contributed by atoms with Gasteiger partial charge in [0.05, 0.1) is 0 Å². The molecule has 3 N–H and O–H groups in total. The van der Waals surface area contributed by atoms with E-state index in [0.29, 0.717) is 19.6 Å². The standard InChI is InChI=1S/C10H15N5O3/c1-14-8(16)6-7(13-9(11)12-6)15(10(14)17)4-3-5-18-2/h3-5H2,1-2H3,(H3,11,12,13). The number of imidazole rings is 1. The van der Waals surface area contributed by atoms with Crippen LogP contribution in [0.25, 0.3) is 11.2 Å². The molecule has 0 aliphatic rings. The van der Waals surface area contributed by atoms with Gasteiger partial charge in [-0.05, 0) is 6.42 Å². The summed E-state index contributed by atoms with van der Waals surface area (Å²) in [6.45, 7) is 0.943. The molecule has 0 unspecified atom stereocenters. The average molecular weight is 253 g/mol. The number of rotatable bonds is 4. The van der Waals surface area contributed by atoms with Crippen molar-refractivity contribution in [1.82, 2.24) is 19.1 Å².